The van der Waals surface area contributed by atoms with Gasteiger partial charge in [-0.3, -0.25) is 0 Å². The van der Waals surface area contributed by atoms with Gasteiger partial charge in [0.15, 0.2) is 0 Å². The summed E-state index contributed by atoms with van der Waals surface area (Å²) in [5.74, 6) is 0.654. The molecule has 0 spiro atoms. The lowest BCUT2D eigenvalue weighted by molar-refractivity contribution is 0.155. The highest BCUT2D eigenvalue weighted by Crippen LogP contribution is 2.31. The van der Waals surface area contributed by atoms with Crippen molar-refractivity contribution in [2.75, 3.05) is 33.4 Å². The van der Waals surface area contributed by atoms with E-state index in [0.717, 1.165) is 25.8 Å². The number of hydrogen-bond acceptors (Lipinski definition) is 6. The zero-order chi connectivity index (χ0) is 21.4. The van der Waals surface area contributed by atoms with Gasteiger partial charge in [0, 0.05) is 18.6 Å². The Kier molecular flexibility index (Phi) is 9.36. The Morgan fingerprint density at radius 2 is 1.72 bits per heavy atom. The molecule has 1 aromatic carbocycles. The first-order chi connectivity index (χ1) is 13.8. The second kappa shape index (κ2) is 11.3. The smallest absolute Gasteiger partial charge is 0.243 e. The van der Waals surface area contributed by atoms with Gasteiger partial charge in [0.05, 0.1) is 25.2 Å². The van der Waals surface area contributed by atoms with Gasteiger partial charge in [0.25, 0.3) is 0 Å². The highest BCUT2D eigenvalue weighted by Gasteiger charge is 2.35. The van der Waals surface area contributed by atoms with Gasteiger partial charge in [-0.05, 0) is 69.3 Å². The van der Waals surface area contributed by atoms with Crippen molar-refractivity contribution in [1.82, 2.24) is 9.62 Å². The molecule has 29 heavy (non-hydrogen) atoms. The highest BCUT2D eigenvalue weighted by atomic mass is 32.2. The summed E-state index contributed by atoms with van der Waals surface area (Å²) in [6.45, 7) is 5.29. The zero-order valence-electron chi connectivity index (χ0n) is 17.9. The average molecular weight is 429 g/mol. The number of rotatable bonds is 5. The van der Waals surface area contributed by atoms with Gasteiger partial charge in [-0.2, -0.15) is 4.31 Å². The molecule has 1 aromatic rings. The standard InChI is InChI=1S/C15H23NO4S.C6H13NO/c1-11-8-14(20-3)9-12(2)15(11)21(18,19)16-7-5-4-6-13(16)10-17;8-5-6-3-1-2-4-7-6/h8-9,13,17H,4-7,10H2,1-3H3;6-8H,1-5H2. The van der Waals surface area contributed by atoms with Crippen LogP contribution >= 0.6 is 0 Å². The Hall–Kier alpha value is -1.19. The van der Waals surface area contributed by atoms with Crippen LogP contribution in [-0.2, 0) is 10.0 Å². The molecule has 2 atom stereocenters. The number of aryl methyl sites for hydroxylation is 2. The minimum atomic E-state index is -3.59. The molecule has 7 nitrogen and oxygen atoms in total. The minimum Gasteiger partial charge on any atom is -0.497 e. The molecule has 0 saturated carbocycles. The van der Waals surface area contributed by atoms with Crippen molar-refractivity contribution in [3.8, 4) is 5.75 Å². The van der Waals surface area contributed by atoms with Crippen LogP contribution in [-0.4, -0.2) is 68.4 Å². The molecule has 166 valence electrons. The van der Waals surface area contributed by atoms with E-state index in [2.05, 4.69) is 5.32 Å². The van der Waals surface area contributed by atoms with Crippen molar-refractivity contribution in [2.45, 2.75) is 69.4 Å². The van der Waals surface area contributed by atoms with Crippen LogP contribution in [0.15, 0.2) is 17.0 Å². The lowest BCUT2D eigenvalue weighted by atomic mass is 10.1. The zero-order valence-corrected chi connectivity index (χ0v) is 18.7. The van der Waals surface area contributed by atoms with E-state index in [1.165, 1.54) is 17.1 Å². The molecule has 3 rings (SSSR count). The van der Waals surface area contributed by atoms with Crippen LogP contribution in [0.2, 0.25) is 0 Å². The van der Waals surface area contributed by atoms with Crippen LogP contribution in [0.4, 0.5) is 0 Å². The molecule has 2 heterocycles. The summed E-state index contributed by atoms with van der Waals surface area (Å²) >= 11 is 0. The van der Waals surface area contributed by atoms with Gasteiger partial charge in [-0.15, -0.1) is 0 Å². The molecule has 2 fully saturated rings. The first kappa shape index (κ1) is 24.1. The van der Waals surface area contributed by atoms with E-state index >= 15 is 0 Å². The van der Waals surface area contributed by atoms with Crippen molar-refractivity contribution in [3.05, 3.63) is 23.3 Å². The van der Waals surface area contributed by atoms with Crippen LogP contribution in [0.25, 0.3) is 0 Å². The average Bonchev–Trinajstić information content (AvgIpc) is 2.74. The fourth-order valence-corrected chi connectivity index (χ4v) is 6.21. The molecule has 0 aliphatic carbocycles. The number of hydrogen-bond donors (Lipinski definition) is 3. The largest absolute Gasteiger partial charge is 0.497 e. The number of ether oxygens (including phenoxy) is 1. The lowest BCUT2D eigenvalue weighted by Gasteiger charge is -2.34. The Labute approximate surface area is 175 Å². The summed E-state index contributed by atoms with van der Waals surface area (Å²) < 4.78 is 32.6. The van der Waals surface area contributed by atoms with Crippen LogP contribution in [0.3, 0.4) is 0 Å². The second-order valence-corrected chi connectivity index (χ2v) is 9.70. The summed E-state index contributed by atoms with van der Waals surface area (Å²) in [4.78, 5) is 0.337. The first-order valence-corrected chi connectivity index (χ1v) is 11.9. The Balaban J connectivity index is 0.000000313. The van der Waals surface area contributed by atoms with Crippen molar-refractivity contribution < 1.29 is 23.4 Å². The number of benzene rings is 1. The third-order valence-electron chi connectivity index (χ3n) is 5.65. The first-order valence-electron chi connectivity index (χ1n) is 10.5. The molecular weight excluding hydrogens is 392 g/mol. The SMILES string of the molecule is COc1cc(C)c(S(=O)(=O)N2CCCCC2CO)c(C)c1.OCC1CCCCN1. The summed E-state index contributed by atoms with van der Waals surface area (Å²) in [5, 5.41) is 21.3. The number of methoxy groups -OCH3 is 1. The van der Waals surface area contributed by atoms with Crippen LogP contribution in [0.5, 0.6) is 5.75 Å². The number of nitrogens with one attached hydrogen (secondary N) is 1. The van der Waals surface area contributed by atoms with Crippen LogP contribution in [0.1, 0.15) is 49.7 Å². The Bertz CT molecular complexity index is 724. The van der Waals surface area contributed by atoms with Crippen molar-refractivity contribution in [2.24, 2.45) is 0 Å². The van der Waals surface area contributed by atoms with Gasteiger partial charge in [-0.1, -0.05) is 12.8 Å². The van der Waals surface area contributed by atoms with Gasteiger partial charge < -0.3 is 20.3 Å². The number of aliphatic hydroxyl groups is 2. The number of nitrogens with zero attached hydrogens (tertiary/aromatic N) is 1. The van der Waals surface area contributed by atoms with Gasteiger partial charge in [0.2, 0.25) is 10.0 Å². The summed E-state index contributed by atoms with van der Waals surface area (Å²) in [6, 6.07) is 3.55. The van der Waals surface area contributed by atoms with E-state index in [1.54, 1.807) is 33.1 Å². The topological polar surface area (TPSA) is 99.1 Å². The van der Waals surface area contributed by atoms with Gasteiger partial charge >= 0.3 is 0 Å². The monoisotopic (exact) mass is 428 g/mol. The normalized spacial score (nSPS) is 23.2. The third kappa shape index (κ3) is 6.15. The van der Waals surface area contributed by atoms with Crippen LogP contribution in [0, 0.1) is 13.8 Å². The van der Waals surface area contributed by atoms with Crippen molar-refractivity contribution in [1.29, 1.82) is 0 Å². The van der Waals surface area contributed by atoms with E-state index in [9.17, 15) is 13.5 Å². The predicted octanol–water partition coefficient (Wildman–Crippen LogP) is 1.97. The van der Waals surface area contributed by atoms with Crippen LogP contribution < -0.4 is 10.1 Å². The van der Waals surface area contributed by atoms with E-state index in [-0.39, 0.29) is 12.6 Å². The molecule has 0 amide bonds. The fraction of sp³-hybridized carbons (Fsp3) is 0.714. The molecule has 2 saturated heterocycles. The maximum atomic E-state index is 13.0. The van der Waals surface area contributed by atoms with E-state index in [0.29, 0.717) is 47.4 Å². The molecule has 0 radical (unpaired) electrons. The molecule has 2 unspecified atom stereocenters. The van der Waals surface area contributed by atoms with E-state index < -0.39 is 10.0 Å². The number of sulfonamides is 1. The molecule has 2 aliphatic rings. The molecular formula is C21H36N2O5S. The van der Waals surface area contributed by atoms with Gasteiger partial charge in [0.1, 0.15) is 5.75 Å². The van der Waals surface area contributed by atoms with Gasteiger partial charge in [-0.25, -0.2) is 8.42 Å². The summed E-state index contributed by atoms with van der Waals surface area (Å²) in [5.41, 5.74) is 1.35. The molecule has 2 aliphatic heterocycles. The minimum absolute atomic E-state index is 0.131. The summed E-state index contributed by atoms with van der Waals surface area (Å²) in [7, 11) is -2.03. The molecule has 8 heteroatoms. The molecule has 0 aromatic heterocycles. The maximum absolute atomic E-state index is 13.0. The summed E-state index contributed by atoms with van der Waals surface area (Å²) in [6.07, 6.45) is 6.21. The molecule has 3 N–H and O–H groups in total. The quantitative estimate of drug-likeness (QED) is 0.663. The Morgan fingerprint density at radius 1 is 1.07 bits per heavy atom. The third-order valence-corrected chi connectivity index (χ3v) is 7.91. The maximum Gasteiger partial charge on any atom is 0.243 e. The van der Waals surface area contributed by atoms with E-state index in [1.807, 2.05) is 0 Å². The molecule has 0 bridgehead atoms. The number of aliphatic hydroxyl groups excluding tert-OH is 2. The highest BCUT2D eigenvalue weighted by molar-refractivity contribution is 7.89. The van der Waals surface area contributed by atoms with Crippen molar-refractivity contribution in [3.63, 3.8) is 0 Å². The number of piperidine rings is 2. The second-order valence-electron chi connectivity index (χ2n) is 7.87. The van der Waals surface area contributed by atoms with E-state index in [4.69, 9.17) is 9.84 Å². The fourth-order valence-electron chi connectivity index (χ4n) is 4.11. The lowest BCUT2D eigenvalue weighted by Crippen LogP contribution is -2.45. The Morgan fingerprint density at radius 3 is 2.21 bits per heavy atom. The predicted molar refractivity (Wildman–Crippen MR) is 114 cm³/mol. The van der Waals surface area contributed by atoms with Crippen molar-refractivity contribution >= 4 is 10.0 Å².